The van der Waals surface area contributed by atoms with Gasteiger partial charge in [0.25, 0.3) is 5.91 Å². The normalized spacial score (nSPS) is 33.7. The molecule has 2 rings (SSSR count). The molecular weight excluding hydrogens is 266 g/mol. The summed E-state index contributed by atoms with van der Waals surface area (Å²) < 4.78 is 4.95. The zero-order valence-electron chi connectivity index (χ0n) is 10.6. The molecule has 1 saturated heterocycles. The summed E-state index contributed by atoms with van der Waals surface area (Å²) in [6.07, 6.45) is -5.45. The van der Waals surface area contributed by atoms with Crippen molar-refractivity contribution in [3.05, 3.63) is 35.9 Å². The van der Waals surface area contributed by atoms with Crippen LogP contribution in [0.2, 0.25) is 0 Å². The molecule has 0 aromatic heterocycles. The number of hydrogen-bond acceptors (Lipinski definition) is 6. The number of benzene rings is 1. The fourth-order valence-corrected chi connectivity index (χ4v) is 2.08. The third-order valence-corrected chi connectivity index (χ3v) is 3.23. The van der Waals surface area contributed by atoms with E-state index in [-0.39, 0.29) is 0 Å². The van der Waals surface area contributed by atoms with Crippen molar-refractivity contribution in [3.8, 4) is 0 Å². The summed E-state index contributed by atoms with van der Waals surface area (Å²) in [6.45, 7) is -0.547. The van der Waals surface area contributed by atoms with E-state index in [1.807, 2.05) is 0 Å². The third-order valence-electron chi connectivity index (χ3n) is 3.23. The topological polar surface area (TPSA) is 119 Å². The molecular formula is C13H17NO6. The van der Waals surface area contributed by atoms with Crippen LogP contribution in [0.5, 0.6) is 0 Å². The minimum absolute atomic E-state index is 0.352. The molecule has 1 unspecified atom stereocenters. The number of carbonyl (C=O) groups is 1. The average Bonchev–Trinajstić information content (AvgIpc) is 2.48. The first-order valence-electron chi connectivity index (χ1n) is 6.21. The van der Waals surface area contributed by atoms with Gasteiger partial charge in [0.05, 0.1) is 6.61 Å². The first-order chi connectivity index (χ1) is 9.54. The number of carbonyl (C=O) groups excluding carboxylic acids is 1. The molecule has 1 aromatic rings. The van der Waals surface area contributed by atoms with Gasteiger partial charge in [0.1, 0.15) is 24.4 Å². The van der Waals surface area contributed by atoms with Gasteiger partial charge in [-0.3, -0.25) is 4.79 Å². The van der Waals surface area contributed by atoms with E-state index in [1.54, 1.807) is 30.3 Å². The zero-order chi connectivity index (χ0) is 14.7. The molecule has 1 amide bonds. The molecule has 0 radical (unpaired) electrons. The van der Waals surface area contributed by atoms with Gasteiger partial charge in [0.15, 0.2) is 6.29 Å². The minimum atomic E-state index is -1.52. The van der Waals surface area contributed by atoms with Crippen LogP contribution in [0.4, 0.5) is 0 Å². The van der Waals surface area contributed by atoms with Gasteiger partial charge in [0.2, 0.25) is 0 Å². The van der Waals surface area contributed by atoms with Crippen LogP contribution in [0.15, 0.2) is 30.3 Å². The molecule has 1 aliphatic rings. The second-order valence-corrected chi connectivity index (χ2v) is 4.59. The quantitative estimate of drug-likeness (QED) is 0.447. The van der Waals surface area contributed by atoms with Crippen LogP contribution in [0.1, 0.15) is 10.4 Å². The first kappa shape index (κ1) is 14.9. The molecule has 7 heteroatoms. The maximum absolute atomic E-state index is 11.9. The molecule has 5 N–H and O–H groups in total. The van der Waals surface area contributed by atoms with E-state index in [0.29, 0.717) is 5.56 Å². The molecule has 1 aromatic carbocycles. The Morgan fingerprint density at radius 3 is 2.40 bits per heavy atom. The Hall–Kier alpha value is -1.51. The molecule has 5 atom stereocenters. The molecule has 0 saturated carbocycles. The molecule has 1 heterocycles. The van der Waals surface area contributed by atoms with E-state index in [4.69, 9.17) is 9.84 Å². The number of amides is 1. The van der Waals surface area contributed by atoms with Crippen molar-refractivity contribution in [1.82, 2.24) is 5.32 Å². The number of hydrogen-bond donors (Lipinski definition) is 5. The SMILES string of the molecule is O=C(N[C@H]1C(O)O[C@H](CO)[C@H](O)[C@@H]1O)c1ccccc1. The minimum Gasteiger partial charge on any atom is -0.394 e. The van der Waals surface area contributed by atoms with Gasteiger partial charge >= 0.3 is 0 Å². The second kappa shape index (κ2) is 6.29. The Morgan fingerprint density at radius 1 is 1.15 bits per heavy atom. The van der Waals surface area contributed by atoms with Gasteiger partial charge in [-0.25, -0.2) is 0 Å². The molecule has 0 bridgehead atoms. The standard InChI is InChI=1S/C13H17NO6/c15-6-8-10(16)11(17)9(13(19)20-8)14-12(18)7-4-2-1-3-5-7/h1-5,8-11,13,15-17,19H,6H2,(H,14,18)/t8-,9-,10+,11-,13?/m1/s1. The monoisotopic (exact) mass is 283 g/mol. The molecule has 110 valence electrons. The van der Waals surface area contributed by atoms with Crippen LogP contribution in [0.3, 0.4) is 0 Å². The van der Waals surface area contributed by atoms with Crippen LogP contribution < -0.4 is 5.32 Å². The largest absolute Gasteiger partial charge is 0.394 e. The molecule has 0 spiro atoms. The van der Waals surface area contributed by atoms with Gasteiger partial charge in [-0.05, 0) is 12.1 Å². The van der Waals surface area contributed by atoms with Gasteiger partial charge in [-0.15, -0.1) is 0 Å². The summed E-state index contributed by atoms with van der Waals surface area (Å²) in [4.78, 5) is 11.9. The summed E-state index contributed by atoms with van der Waals surface area (Å²) in [5, 5.41) is 40.7. The summed E-state index contributed by atoms with van der Waals surface area (Å²) in [6, 6.07) is 7.07. The molecule has 0 aliphatic carbocycles. The van der Waals surface area contributed by atoms with Crippen molar-refractivity contribution in [3.63, 3.8) is 0 Å². The lowest BCUT2D eigenvalue weighted by molar-refractivity contribution is -0.252. The predicted molar refractivity (Wildman–Crippen MR) is 67.7 cm³/mol. The summed E-state index contributed by atoms with van der Waals surface area (Å²) in [5.41, 5.74) is 0.352. The van der Waals surface area contributed by atoms with E-state index in [0.717, 1.165) is 0 Å². The number of nitrogens with one attached hydrogen (secondary N) is 1. The molecule has 7 nitrogen and oxygen atoms in total. The maximum Gasteiger partial charge on any atom is 0.251 e. The van der Waals surface area contributed by atoms with Crippen molar-refractivity contribution in [1.29, 1.82) is 0 Å². The highest BCUT2D eigenvalue weighted by atomic mass is 16.6. The van der Waals surface area contributed by atoms with Gasteiger partial charge in [-0.2, -0.15) is 0 Å². The molecule has 1 fully saturated rings. The van der Waals surface area contributed by atoms with Crippen LogP contribution >= 0.6 is 0 Å². The van der Waals surface area contributed by atoms with Gasteiger partial charge < -0.3 is 30.5 Å². The lowest BCUT2D eigenvalue weighted by Gasteiger charge is -2.40. The Labute approximate surface area is 115 Å². The van der Waals surface area contributed by atoms with Crippen LogP contribution in [0, 0.1) is 0 Å². The van der Waals surface area contributed by atoms with Crippen LogP contribution in [0.25, 0.3) is 0 Å². The summed E-state index contributed by atoms with van der Waals surface area (Å²) in [7, 11) is 0. The van der Waals surface area contributed by atoms with Gasteiger partial charge in [0, 0.05) is 5.56 Å². The van der Waals surface area contributed by atoms with Crippen molar-refractivity contribution in [2.75, 3.05) is 6.61 Å². The Morgan fingerprint density at radius 2 is 1.80 bits per heavy atom. The van der Waals surface area contributed by atoms with Crippen molar-refractivity contribution >= 4 is 5.91 Å². The summed E-state index contributed by atoms with van der Waals surface area (Å²) in [5.74, 6) is -0.507. The van der Waals surface area contributed by atoms with Crippen molar-refractivity contribution in [2.45, 2.75) is 30.6 Å². The molecule has 20 heavy (non-hydrogen) atoms. The predicted octanol–water partition coefficient (Wildman–Crippen LogP) is -1.78. The third kappa shape index (κ3) is 2.97. The fourth-order valence-electron chi connectivity index (χ4n) is 2.08. The highest BCUT2D eigenvalue weighted by molar-refractivity contribution is 5.94. The first-order valence-corrected chi connectivity index (χ1v) is 6.21. The van der Waals surface area contributed by atoms with E-state index >= 15 is 0 Å². The lowest BCUT2D eigenvalue weighted by Crippen LogP contribution is -2.64. The smallest absolute Gasteiger partial charge is 0.251 e. The number of rotatable bonds is 3. The molecule has 1 aliphatic heterocycles. The summed E-state index contributed by atoms with van der Waals surface area (Å²) >= 11 is 0. The van der Waals surface area contributed by atoms with Crippen LogP contribution in [-0.2, 0) is 4.74 Å². The van der Waals surface area contributed by atoms with Crippen LogP contribution in [-0.4, -0.2) is 63.6 Å². The Balaban J connectivity index is 2.07. The zero-order valence-corrected chi connectivity index (χ0v) is 10.6. The Bertz CT molecular complexity index is 453. The number of ether oxygens (including phenoxy) is 1. The second-order valence-electron chi connectivity index (χ2n) is 4.59. The van der Waals surface area contributed by atoms with E-state index in [2.05, 4.69) is 5.32 Å². The lowest BCUT2D eigenvalue weighted by atomic mass is 9.97. The van der Waals surface area contributed by atoms with E-state index in [9.17, 15) is 20.1 Å². The fraction of sp³-hybridized carbons (Fsp3) is 0.462. The maximum atomic E-state index is 11.9. The Kier molecular flexibility index (Phi) is 4.69. The van der Waals surface area contributed by atoms with Crippen molar-refractivity contribution in [2.24, 2.45) is 0 Å². The average molecular weight is 283 g/mol. The van der Waals surface area contributed by atoms with Crippen molar-refractivity contribution < 1.29 is 30.0 Å². The van der Waals surface area contributed by atoms with E-state index in [1.165, 1.54) is 0 Å². The highest BCUT2D eigenvalue weighted by Gasteiger charge is 2.44. The highest BCUT2D eigenvalue weighted by Crippen LogP contribution is 2.20. The van der Waals surface area contributed by atoms with E-state index < -0.39 is 43.2 Å². The number of aliphatic hydroxyl groups is 4. The number of aliphatic hydroxyl groups excluding tert-OH is 4. The van der Waals surface area contributed by atoms with Gasteiger partial charge in [-0.1, -0.05) is 18.2 Å².